The van der Waals surface area contributed by atoms with Crippen LogP contribution in [0.2, 0.25) is 0 Å². The second-order valence-electron chi connectivity index (χ2n) is 7.31. The Morgan fingerprint density at radius 3 is 2.39 bits per heavy atom. The van der Waals surface area contributed by atoms with Gasteiger partial charge in [0.15, 0.2) is 11.6 Å². The highest BCUT2D eigenvalue weighted by molar-refractivity contribution is 7.85. The number of carbonyl (C=O) groups excluding carboxylic acids is 2. The van der Waals surface area contributed by atoms with E-state index in [1.54, 1.807) is 20.8 Å². The molecule has 0 saturated carbocycles. The maximum Gasteiger partial charge on any atom is 0.410 e. The molecule has 1 aliphatic rings. The van der Waals surface area contributed by atoms with E-state index in [0.717, 1.165) is 18.4 Å². The zero-order valence-corrected chi connectivity index (χ0v) is 16.8. The average Bonchev–Trinajstić information content (AvgIpc) is 2.53. The highest BCUT2D eigenvalue weighted by Crippen LogP contribution is 2.25. The van der Waals surface area contributed by atoms with Crippen molar-refractivity contribution in [2.45, 2.75) is 33.0 Å². The Hall–Kier alpha value is -2.27. The fraction of sp³-hybridized carbons (Fsp3) is 0.529. The number of hydrogen-bond donors (Lipinski definition) is 0. The topological polar surface area (TPSA) is 93.2 Å². The fourth-order valence-electron chi connectivity index (χ4n) is 2.49. The lowest BCUT2D eigenvalue weighted by Gasteiger charge is -2.35. The molecule has 156 valence electrons. The summed E-state index contributed by atoms with van der Waals surface area (Å²) in [4.78, 5) is 26.9. The number of halogens is 2. The Morgan fingerprint density at radius 1 is 1.21 bits per heavy atom. The second-order valence-corrected chi connectivity index (χ2v) is 8.96. The first-order chi connectivity index (χ1) is 12.8. The number of hydrogen-bond acceptors (Lipinski definition) is 6. The smallest absolute Gasteiger partial charge is 0.410 e. The predicted octanol–water partition coefficient (Wildman–Crippen LogP) is 2.02. The quantitative estimate of drug-likeness (QED) is 0.692. The van der Waals surface area contributed by atoms with Crippen LogP contribution in [0, 0.1) is 11.6 Å². The van der Waals surface area contributed by atoms with Crippen LogP contribution in [-0.2, 0) is 30.4 Å². The molecule has 11 heteroatoms. The summed E-state index contributed by atoms with van der Waals surface area (Å²) >= 11 is 0. The summed E-state index contributed by atoms with van der Waals surface area (Å²) in [5.41, 5.74) is -1.02. The molecule has 2 amide bonds. The van der Waals surface area contributed by atoms with E-state index < -0.39 is 46.0 Å². The largest absolute Gasteiger partial charge is 0.444 e. The molecule has 0 spiro atoms. The van der Waals surface area contributed by atoms with Crippen molar-refractivity contribution in [3.63, 3.8) is 0 Å². The zero-order valence-electron chi connectivity index (χ0n) is 16.0. The van der Waals surface area contributed by atoms with Crippen LogP contribution < -0.4 is 4.90 Å². The van der Waals surface area contributed by atoms with E-state index in [-0.39, 0.29) is 30.9 Å². The Morgan fingerprint density at radius 2 is 1.86 bits per heavy atom. The summed E-state index contributed by atoms with van der Waals surface area (Å²) in [6.45, 7) is 4.27. The Bertz CT molecular complexity index is 882. The fourth-order valence-corrected chi connectivity index (χ4v) is 2.83. The highest BCUT2D eigenvalue weighted by Gasteiger charge is 2.31. The van der Waals surface area contributed by atoms with E-state index in [1.807, 2.05) is 0 Å². The van der Waals surface area contributed by atoms with Crippen LogP contribution in [0.5, 0.6) is 0 Å². The van der Waals surface area contributed by atoms with Gasteiger partial charge in [0.2, 0.25) is 5.91 Å². The number of piperazine rings is 1. The van der Waals surface area contributed by atoms with Crippen molar-refractivity contribution in [3.05, 3.63) is 29.3 Å². The van der Waals surface area contributed by atoms with E-state index in [4.69, 9.17) is 4.74 Å². The lowest BCUT2D eigenvalue weighted by atomic mass is 10.1. The molecule has 0 unspecified atom stereocenters. The van der Waals surface area contributed by atoms with Gasteiger partial charge in [-0.1, -0.05) is 0 Å². The molecular formula is C17H22F2N2O6S. The number of carbonyl (C=O) groups is 2. The monoisotopic (exact) mass is 420 g/mol. The lowest BCUT2D eigenvalue weighted by molar-refractivity contribution is -0.121. The van der Waals surface area contributed by atoms with Crippen molar-refractivity contribution >= 4 is 27.8 Å². The van der Waals surface area contributed by atoms with Gasteiger partial charge in [0.25, 0.3) is 10.1 Å². The van der Waals surface area contributed by atoms with Gasteiger partial charge in [-0.3, -0.25) is 13.9 Å². The summed E-state index contributed by atoms with van der Waals surface area (Å²) < 4.78 is 59.8. The zero-order chi connectivity index (χ0) is 21.3. The molecule has 0 radical (unpaired) electrons. The molecule has 1 aromatic carbocycles. The van der Waals surface area contributed by atoms with Crippen molar-refractivity contribution in [2.75, 3.05) is 30.8 Å². The minimum Gasteiger partial charge on any atom is -0.444 e. The average molecular weight is 420 g/mol. The third-order valence-corrected chi connectivity index (χ3v) is 4.25. The van der Waals surface area contributed by atoms with Gasteiger partial charge in [-0.15, -0.1) is 0 Å². The van der Waals surface area contributed by atoms with Gasteiger partial charge in [0.1, 0.15) is 12.1 Å². The Kier molecular flexibility index (Phi) is 6.29. The summed E-state index contributed by atoms with van der Waals surface area (Å²) in [5, 5.41) is 0. The van der Waals surface area contributed by atoms with Gasteiger partial charge in [0.05, 0.1) is 12.9 Å². The maximum absolute atomic E-state index is 13.9. The van der Waals surface area contributed by atoms with Crippen LogP contribution in [0.4, 0.5) is 19.3 Å². The van der Waals surface area contributed by atoms with Gasteiger partial charge in [-0.05, 0) is 26.8 Å². The van der Waals surface area contributed by atoms with E-state index in [2.05, 4.69) is 4.18 Å². The molecule has 0 N–H and O–H groups in total. The SMILES string of the molecule is CC(C)(C)OC(=O)N1CCN(c2cc(F)c(F)c(COS(C)(=O)=O)c2)C(=O)C1. The van der Waals surface area contributed by atoms with E-state index in [9.17, 15) is 26.8 Å². The normalized spacial score (nSPS) is 15.7. The second kappa shape index (κ2) is 8.00. The first-order valence-corrected chi connectivity index (χ1v) is 10.2. The van der Waals surface area contributed by atoms with Crippen LogP contribution in [0.3, 0.4) is 0 Å². The number of amides is 2. The Balaban J connectivity index is 2.17. The molecule has 1 saturated heterocycles. The van der Waals surface area contributed by atoms with Gasteiger partial charge < -0.3 is 9.64 Å². The summed E-state index contributed by atoms with van der Waals surface area (Å²) in [6, 6.07) is 1.98. The summed E-state index contributed by atoms with van der Waals surface area (Å²) in [7, 11) is -3.86. The predicted molar refractivity (Wildman–Crippen MR) is 96.2 cm³/mol. The number of ether oxygens (including phenoxy) is 1. The summed E-state index contributed by atoms with van der Waals surface area (Å²) in [6.07, 6.45) is 0.137. The van der Waals surface area contributed by atoms with E-state index >= 15 is 0 Å². The van der Waals surface area contributed by atoms with Crippen LogP contribution in [0.1, 0.15) is 26.3 Å². The van der Waals surface area contributed by atoms with Crippen molar-refractivity contribution in [2.24, 2.45) is 0 Å². The van der Waals surface area contributed by atoms with Crippen molar-refractivity contribution < 1.29 is 35.7 Å². The summed E-state index contributed by atoms with van der Waals surface area (Å²) in [5.74, 6) is -3.02. The lowest BCUT2D eigenvalue weighted by Crippen LogP contribution is -2.53. The van der Waals surface area contributed by atoms with Gasteiger partial charge >= 0.3 is 6.09 Å². The first kappa shape index (κ1) is 22.0. The Labute approximate surface area is 162 Å². The van der Waals surface area contributed by atoms with Crippen LogP contribution in [0.25, 0.3) is 0 Å². The molecule has 1 heterocycles. The number of nitrogens with zero attached hydrogens (tertiary/aromatic N) is 2. The number of benzene rings is 1. The van der Waals surface area contributed by atoms with Gasteiger partial charge in [-0.25, -0.2) is 13.6 Å². The molecule has 0 bridgehead atoms. The maximum atomic E-state index is 13.9. The third-order valence-electron chi connectivity index (χ3n) is 3.70. The molecular weight excluding hydrogens is 398 g/mol. The first-order valence-electron chi connectivity index (χ1n) is 8.37. The van der Waals surface area contributed by atoms with Gasteiger partial charge in [0, 0.05) is 30.4 Å². The molecule has 0 atom stereocenters. The van der Waals surface area contributed by atoms with Crippen LogP contribution >= 0.6 is 0 Å². The minimum absolute atomic E-state index is 0.0372. The van der Waals surface area contributed by atoms with E-state index in [1.165, 1.54) is 9.80 Å². The molecule has 0 aromatic heterocycles. The highest BCUT2D eigenvalue weighted by atomic mass is 32.2. The molecule has 8 nitrogen and oxygen atoms in total. The molecule has 1 aliphatic heterocycles. The molecule has 1 aromatic rings. The van der Waals surface area contributed by atoms with Crippen molar-refractivity contribution in [1.82, 2.24) is 4.90 Å². The minimum atomic E-state index is -3.86. The van der Waals surface area contributed by atoms with Crippen LogP contribution in [-0.4, -0.2) is 56.8 Å². The number of rotatable bonds is 4. The third kappa shape index (κ3) is 5.86. The van der Waals surface area contributed by atoms with Crippen molar-refractivity contribution in [3.8, 4) is 0 Å². The molecule has 2 rings (SSSR count). The van der Waals surface area contributed by atoms with Crippen LogP contribution in [0.15, 0.2) is 12.1 Å². The van der Waals surface area contributed by atoms with Gasteiger partial charge in [-0.2, -0.15) is 8.42 Å². The standard InChI is InChI=1S/C17H22F2N2O6S/c1-17(2,3)27-16(23)20-5-6-21(14(22)9-20)12-7-11(10-26-28(4,24)25)15(19)13(18)8-12/h7-8H,5-6,9-10H2,1-4H3. The molecule has 28 heavy (non-hydrogen) atoms. The molecule has 0 aliphatic carbocycles. The molecule has 1 fully saturated rings. The van der Waals surface area contributed by atoms with Crippen molar-refractivity contribution in [1.29, 1.82) is 0 Å². The number of anilines is 1. The van der Waals surface area contributed by atoms with E-state index in [0.29, 0.717) is 0 Å².